The zero-order valence-corrected chi connectivity index (χ0v) is 13.6. The molecule has 0 saturated heterocycles. The highest BCUT2D eigenvalue weighted by Crippen LogP contribution is 2.42. The fourth-order valence-electron chi connectivity index (χ4n) is 2.86. The molecule has 0 fully saturated rings. The molecule has 0 N–H and O–H groups in total. The Hall–Kier alpha value is -2.33. The van der Waals surface area contributed by atoms with Crippen LogP contribution in [-0.2, 0) is 0 Å². The second kappa shape index (κ2) is 5.70. The summed E-state index contributed by atoms with van der Waals surface area (Å²) in [4.78, 5) is 20.5. The van der Waals surface area contributed by atoms with E-state index in [0.29, 0.717) is 0 Å². The molecular weight excluding hydrogens is 304 g/mol. The Kier molecular flexibility index (Phi) is 3.54. The van der Waals surface area contributed by atoms with Gasteiger partial charge in [0.1, 0.15) is 0 Å². The molecule has 2 heterocycles. The molecule has 4 heteroatoms. The summed E-state index contributed by atoms with van der Waals surface area (Å²) < 4.78 is 0. The molecule has 2 aliphatic heterocycles. The van der Waals surface area contributed by atoms with Crippen LogP contribution >= 0.6 is 11.8 Å². The molecule has 0 aromatic heterocycles. The number of aliphatic imine (C=N–C) groups is 1. The van der Waals surface area contributed by atoms with Crippen molar-refractivity contribution in [3.63, 3.8) is 0 Å². The van der Waals surface area contributed by atoms with Gasteiger partial charge in [-0.3, -0.25) is 9.79 Å². The van der Waals surface area contributed by atoms with Crippen LogP contribution in [0.1, 0.15) is 21.5 Å². The lowest BCUT2D eigenvalue weighted by Crippen LogP contribution is -2.20. The molecule has 0 spiro atoms. The first kappa shape index (κ1) is 14.3. The van der Waals surface area contributed by atoms with Gasteiger partial charge in [0.25, 0.3) is 0 Å². The van der Waals surface area contributed by atoms with Gasteiger partial charge >= 0.3 is 0 Å². The first-order chi connectivity index (χ1) is 11.2. The molecule has 2 aromatic carbocycles. The SMILES string of the molecule is Cc1ccc(C(=O)C2=C(c3ccccc3)N3CCN=C3S2)cc1. The molecule has 0 aliphatic carbocycles. The van der Waals surface area contributed by atoms with Crippen molar-refractivity contribution in [3.05, 3.63) is 76.2 Å². The standard InChI is InChI=1S/C19H16N2OS/c1-13-7-9-15(10-8-13)17(22)18-16(14-5-3-2-4-6-14)21-12-11-20-19(21)23-18/h2-10H,11-12H2,1H3. The van der Waals surface area contributed by atoms with Crippen molar-refractivity contribution in [2.45, 2.75) is 6.92 Å². The van der Waals surface area contributed by atoms with Gasteiger partial charge in [0.15, 0.2) is 5.17 Å². The summed E-state index contributed by atoms with van der Waals surface area (Å²) >= 11 is 1.50. The number of ketones is 1. The van der Waals surface area contributed by atoms with Crippen LogP contribution in [0.15, 0.2) is 64.5 Å². The van der Waals surface area contributed by atoms with Gasteiger partial charge in [-0.1, -0.05) is 60.2 Å². The Bertz CT molecular complexity index is 822. The molecular formula is C19H16N2OS. The van der Waals surface area contributed by atoms with Gasteiger partial charge in [-0.25, -0.2) is 0 Å². The van der Waals surface area contributed by atoms with E-state index in [9.17, 15) is 4.79 Å². The third kappa shape index (κ3) is 2.49. The molecule has 0 amide bonds. The second-order valence-electron chi connectivity index (χ2n) is 5.66. The van der Waals surface area contributed by atoms with Crippen LogP contribution in [0, 0.1) is 6.92 Å². The number of Topliss-reactive ketones (excluding diaryl/α,β-unsaturated/α-hetero) is 1. The molecule has 0 radical (unpaired) electrons. The molecule has 0 saturated carbocycles. The van der Waals surface area contributed by atoms with Gasteiger partial charge in [-0.15, -0.1) is 0 Å². The van der Waals surface area contributed by atoms with Crippen LogP contribution in [0.5, 0.6) is 0 Å². The van der Waals surface area contributed by atoms with E-state index in [1.165, 1.54) is 11.8 Å². The first-order valence-corrected chi connectivity index (χ1v) is 8.46. The monoisotopic (exact) mass is 320 g/mol. The topological polar surface area (TPSA) is 32.7 Å². The largest absolute Gasteiger partial charge is 0.317 e. The Morgan fingerprint density at radius 3 is 2.57 bits per heavy atom. The summed E-state index contributed by atoms with van der Waals surface area (Å²) in [6, 6.07) is 17.9. The summed E-state index contributed by atoms with van der Waals surface area (Å²) in [5.74, 6) is 0.0750. The first-order valence-electron chi connectivity index (χ1n) is 7.65. The van der Waals surface area contributed by atoms with Crippen LogP contribution in [-0.4, -0.2) is 28.9 Å². The highest BCUT2D eigenvalue weighted by atomic mass is 32.2. The predicted octanol–water partition coefficient (Wildman–Crippen LogP) is 3.96. The normalized spacial score (nSPS) is 16.6. The maximum Gasteiger partial charge on any atom is 0.201 e. The van der Waals surface area contributed by atoms with E-state index in [1.54, 1.807) is 0 Å². The number of allylic oxidation sites excluding steroid dienone is 1. The van der Waals surface area contributed by atoms with E-state index in [-0.39, 0.29) is 5.78 Å². The number of thioether (sulfide) groups is 1. The zero-order valence-electron chi connectivity index (χ0n) is 12.8. The molecule has 23 heavy (non-hydrogen) atoms. The van der Waals surface area contributed by atoms with Crippen molar-refractivity contribution >= 4 is 28.4 Å². The molecule has 114 valence electrons. The van der Waals surface area contributed by atoms with E-state index in [0.717, 1.165) is 45.5 Å². The van der Waals surface area contributed by atoms with Crippen LogP contribution in [0.25, 0.3) is 5.70 Å². The molecule has 3 nitrogen and oxygen atoms in total. The number of amidine groups is 1. The summed E-state index contributed by atoms with van der Waals surface area (Å²) in [5, 5.41) is 0.944. The zero-order chi connectivity index (χ0) is 15.8. The number of benzene rings is 2. The van der Waals surface area contributed by atoms with Crippen LogP contribution < -0.4 is 0 Å². The van der Waals surface area contributed by atoms with Gasteiger partial charge in [0, 0.05) is 12.1 Å². The van der Waals surface area contributed by atoms with E-state index in [1.807, 2.05) is 49.4 Å². The predicted molar refractivity (Wildman–Crippen MR) is 95.5 cm³/mol. The van der Waals surface area contributed by atoms with Crippen LogP contribution in [0.2, 0.25) is 0 Å². The third-order valence-electron chi connectivity index (χ3n) is 4.05. The molecule has 2 aliphatic rings. The summed E-state index contributed by atoms with van der Waals surface area (Å²) in [7, 11) is 0. The molecule has 0 atom stereocenters. The average molecular weight is 320 g/mol. The van der Waals surface area contributed by atoms with Crippen molar-refractivity contribution in [2.24, 2.45) is 4.99 Å². The van der Waals surface area contributed by atoms with E-state index >= 15 is 0 Å². The number of carbonyl (C=O) groups is 1. The van der Waals surface area contributed by atoms with Crippen molar-refractivity contribution < 1.29 is 4.79 Å². The lowest BCUT2D eigenvalue weighted by molar-refractivity contribution is 0.104. The molecule has 2 aromatic rings. The van der Waals surface area contributed by atoms with E-state index in [4.69, 9.17) is 0 Å². The van der Waals surface area contributed by atoms with Gasteiger partial charge in [0.2, 0.25) is 5.78 Å². The lowest BCUT2D eigenvalue weighted by atomic mass is 10.0. The fourth-order valence-corrected chi connectivity index (χ4v) is 4.02. The minimum atomic E-state index is 0.0750. The lowest BCUT2D eigenvalue weighted by Gasteiger charge is -2.17. The number of fused-ring (bicyclic) bond motifs is 1. The summed E-state index contributed by atoms with van der Waals surface area (Å²) in [6.45, 7) is 3.67. The van der Waals surface area contributed by atoms with Crippen LogP contribution in [0.4, 0.5) is 0 Å². The smallest absolute Gasteiger partial charge is 0.201 e. The number of hydrogen-bond donors (Lipinski definition) is 0. The van der Waals surface area contributed by atoms with Gasteiger partial charge in [0.05, 0.1) is 17.1 Å². The third-order valence-corrected chi connectivity index (χ3v) is 5.16. The Labute approximate surface area is 139 Å². The molecule has 0 unspecified atom stereocenters. The van der Waals surface area contributed by atoms with Crippen LogP contribution in [0.3, 0.4) is 0 Å². The molecule has 4 rings (SSSR count). The highest BCUT2D eigenvalue weighted by molar-refractivity contribution is 8.18. The average Bonchev–Trinajstić information content (AvgIpc) is 3.16. The fraction of sp³-hybridized carbons (Fsp3) is 0.158. The van der Waals surface area contributed by atoms with Gasteiger partial charge < -0.3 is 4.90 Å². The number of carbonyl (C=O) groups excluding carboxylic acids is 1. The minimum Gasteiger partial charge on any atom is -0.317 e. The van der Waals surface area contributed by atoms with Gasteiger partial charge in [-0.2, -0.15) is 0 Å². The maximum atomic E-state index is 13.0. The van der Waals surface area contributed by atoms with Gasteiger partial charge in [-0.05, 0) is 24.2 Å². The van der Waals surface area contributed by atoms with Crippen molar-refractivity contribution in [2.75, 3.05) is 13.1 Å². The Morgan fingerprint density at radius 2 is 1.83 bits per heavy atom. The number of rotatable bonds is 3. The Balaban J connectivity index is 1.81. The Morgan fingerprint density at radius 1 is 1.09 bits per heavy atom. The maximum absolute atomic E-state index is 13.0. The number of nitrogens with zero attached hydrogens (tertiary/aromatic N) is 2. The number of hydrogen-bond acceptors (Lipinski definition) is 4. The van der Waals surface area contributed by atoms with E-state index < -0.39 is 0 Å². The number of aryl methyl sites for hydroxylation is 1. The quantitative estimate of drug-likeness (QED) is 0.802. The van der Waals surface area contributed by atoms with Crippen molar-refractivity contribution in [1.29, 1.82) is 0 Å². The van der Waals surface area contributed by atoms with Crippen molar-refractivity contribution in [3.8, 4) is 0 Å². The highest BCUT2D eigenvalue weighted by Gasteiger charge is 2.36. The summed E-state index contributed by atoms with van der Waals surface area (Å²) in [6.07, 6.45) is 0. The minimum absolute atomic E-state index is 0.0750. The second-order valence-corrected chi connectivity index (χ2v) is 6.63. The summed E-state index contributed by atoms with van der Waals surface area (Å²) in [5.41, 5.74) is 3.95. The molecule has 0 bridgehead atoms. The van der Waals surface area contributed by atoms with E-state index in [2.05, 4.69) is 22.0 Å². The van der Waals surface area contributed by atoms with Crippen molar-refractivity contribution in [1.82, 2.24) is 4.90 Å².